The Bertz CT molecular complexity index is 520. The smallest absolute Gasteiger partial charge is 0.0945 e. The van der Waals surface area contributed by atoms with Gasteiger partial charge in [-0.3, -0.25) is 0 Å². The summed E-state index contributed by atoms with van der Waals surface area (Å²) < 4.78 is 7.82. The topological polar surface area (TPSA) is 39.1 Å². The third-order valence-electron chi connectivity index (χ3n) is 3.24. The number of aromatic nitrogens is 2. The van der Waals surface area contributed by atoms with Gasteiger partial charge in [-0.15, -0.1) is 0 Å². The number of hydrogen-bond donors (Lipinski definition) is 1. The van der Waals surface area contributed by atoms with E-state index in [4.69, 9.17) is 4.74 Å². The Hall–Kier alpha value is -1.65. The Balaban J connectivity index is 1.75. The standard InChI is InChI=1S/C16H23N3O/c1-16(2,18-10-15-9-17-13-19(15)3)12-20-11-14-7-5-4-6-8-14/h4-9,13,18H,10-12H2,1-3H3. The molecule has 1 N–H and O–H groups in total. The van der Waals surface area contributed by atoms with E-state index in [2.05, 4.69) is 36.3 Å². The van der Waals surface area contributed by atoms with Crippen LogP contribution in [0.3, 0.4) is 0 Å². The van der Waals surface area contributed by atoms with Gasteiger partial charge in [-0.1, -0.05) is 30.3 Å². The van der Waals surface area contributed by atoms with Crippen LogP contribution in [-0.4, -0.2) is 21.7 Å². The summed E-state index contributed by atoms with van der Waals surface area (Å²) in [6, 6.07) is 10.2. The van der Waals surface area contributed by atoms with Gasteiger partial charge in [0.25, 0.3) is 0 Å². The Labute approximate surface area is 120 Å². The number of hydrogen-bond acceptors (Lipinski definition) is 3. The first-order valence-electron chi connectivity index (χ1n) is 6.89. The van der Waals surface area contributed by atoms with Crippen molar-refractivity contribution in [2.75, 3.05) is 6.61 Å². The van der Waals surface area contributed by atoms with Crippen molar-refractivity contribution < 1.29 is 4.74 Å². The fourth-order valence-electron chi connectivity index (χ4n) is 1.93. The third-order valence-corrected chi connectivity index (χ3v) is 3.24. The molecule has 0 aliphatic carbocycles. The van der Waals surface area contributed by atoms with Gasteiger partial charge in [-0.05, 0) is 19.4 Å². The summed E-state index contributed by atoms with van der Waals surface area (Å²) in [5.41, 5.74) is 2.30. The van der Waals surface area contributed by atoms with Gasteiger partial charge in [0.2, 0.25) is 0 Å². The zero-order chi connectivity index (χ0) is 14.4. The van der Waals surface area contributed by atoms with Crippen molar-refractivity contribution in [1.82, 2.24) is 14.9 Å². The third kappa shape index (κ3) is 4.47. The van der Waals surface area contributed by atoms with Gasteiger partial charge < -0.3 is 14.6 Å². The summed E-state index contributed by atoms with van der Waals surface area (Å²) >= 11 is 0. The van der Waals surface area contributed by atoms with Gasteiger partial charge in [0.15, 0.2) is 0 Å². The van der Waals surface area contributed by atoms with Crippen LogP contribution in [0.15, 0.2) is 42.9 Å². The number of rotatable bonds is 7. The molecular weight excluding hydrogens is 250 g/mol. The fraction of sp³-hybridized carbons (Fsp3) is 0.438. The molecule has 0 amide bonds. The van der Waals surface area contributed by atoms with Crippen molar-refractivity contribution in [3.05, 3.63) is 54.1 Å². The summed E-state index contributed by atoms with van der Waals surface area (Å²) in [7, 11) is 2.00. The summed E-state index contributed by atoms with van der Waals surface area (Å²) in [5.74, 6) is 0. The second kappa shape index (κ2) is 6.68. The van der Waals surface area contributed by atoms with Gasteiger partial charge in [-0.2, -0.15) is 0 Å². The molecule has 0 radical (unpaired) electrons. The maximum absolute atomic E-state index is 5.80. The van der Waals surface area contributed by atoms with E-state index in [1.807, 2.05) is 42.3 Å². The molecule has 0 fully saturated rings. The van der Waals surface area contributed by atoms with Crippen LogP contribution in [0.4, 0.5) is 0 Å². The van der Waals surface area contributed by atoms with Crippen molar-refractivity contribution in [1.29, 1.82) is 0 Å². The van der Waals surface area contributed by atoms with Crippen molar-refractivity contribution in [2.24, 2.45) is 7.05 Å². The molecule has 4 nitrogen and oxygen atoms in total. The minimum Gasteiger partial charge on any atom is -0.375 e. The van der Waals surface area contributed by atoms with Gasteiger partial charge in [-0.25, -0.2) is 4.98 Å². The molecule has 4 heteroatoms. The maximum Gasteiger partial charge on any atom is 0.0945 e. The predicted molar refractivity (Wildman–Crippen MR) is 80.2 cm³/mol. The molecule has 1 aromatic carbocycles. The lowest BCUT2D eigenvalue weighted by Crippen LogP contribution is -2.43. The molecule has 0 unspecified atom stereocenters. The largest absolute Gasteiger partial charge is 0.375 e. The summed E-state index contributed by atoms with van der Waals surface area (Å²) in [6.07, 6.45) is 3.70. The van der Waals surface area contributed by atoms with Crippen molar-refractivity contribution in [2.45, 2.75) is 32.5 Å². The molecule has 1 aromatic heterocycles. The molecule has 0 atom stereocenters. The first-order chi connectivity index (χ1) is 9.57. The molecule has 0 saturated heterocycles. The lowest BCUT2D eigenvalue weighted by Gasteiger charge is -2.26. The lowest BCUT2D eigenvalue weighted by molar-refractivity contribution is 0.0701. The Morgan fingerprint density at radius 3 is 2.65 bits per heavy atom. The first-order valence-corrected chi connectivity index (χ1v) is 6.89. The zero-order valence-electron chi connectivity index (χ0n) is 12.5. The van der Waals surface area contributed by atoms with Gasteiger partial charge in [0, 0.05) is 25.3 Å². The summed E-state index contributed by atoms with van der Waals surface area (Å²) in [5, 5.41) is 3.50. The number of imidazole rings is 1. The maximum atomic E-state index is 5.80. The van der Waals surface area contributed by atoms with Gasteiger partial charge in [0.05, 0.1) is 25.2 Å². The molecule has 2 rings (SSSR count). The highest BCUT2D eigenvalue weighted by molar-refractivity contribution is 5.13. The minimum absolute atomic E-state index is 0.0704. The second-order valence-corrected chi connectivity index (χ2v) is 5.71. The number of ether oxygens (including phenoxy) is 1. The quantitative estimate of drug-likeness (QED) is 0.842. The van der Waals surface area contributed by atoms with E-state index in [0.29, 0.717) is 13.2 Å². The average molecular weight is 273 g/mol. The number of nitrogens with one attached hydrogen (secondary N) is 1. The molecule has 0 aliphatic rings. The lowest BCUT2D eigenvalue weighted by atomic mass is 10.1. The SMILES string of the molecule is Cn1cncc1CNC(C)(C)COCc1ccccc1. The van der Waals surface area contributed by atoms with Crippen LogP contribution in [0.1, 0.15) is 25.1 Å². The Kier molecular flexibility index (Phi) is 4.93. The summed E-state index contributed by atoms with van der Waals surface area (Å²) in [6.45, 7) is 6.40. The highest BCUT2D eigenvalue weighted by Gasteiger charge is 2.17. The molecular formula is C16H23N3O. The van der Waals surface area contributed by atoms with Crippen molar-refractivity contribution >= 4 is 0 Å². The second-order valence-electron chi connectivity index (χ2n) is 5.71. The average Bonchev–Trinajstić information content (AvgIpc) is 2.83. The Morgan fingerprint density at radius 2 is 2.00 bits per heavy atom. The van der Waals surface area contributed by atoms with Crippen LogP contribution in [0.25, 0.3) is 0 Å². The number of benzene rings is 1. The zero-order valence-corrected chi connectivity index (χ0v) is 12.5. The van der Waals surface area contributed by atoms with E-state index in [1.165, 1.54) is 11.3 Å². The van der Waals surface area contributed by atoms with Crippen LogP contribution < -0.4 is 5.32 Å². The first kappa shape index (κ1) is 14.8. The minimum atomic E-state index is -0.0704. The van der Waals surface area contributed by atoms with E-state index >= 15 is 0 Å². The van der Waals surface area contributed by atoms with Crippen LogP contribution >= 0.6 is 0 Å². The van der Waals surface area contributed by atoms with Gasteiger partial charge >= 0.3 is 0 Å². The predicted octanol–water partition coefficient (Wildman–Crippen LogP) is 2.51. The highest BCUT2D eigenvalue weighted by Crippen LogP contribution is 2.08. The van der Waals surface area contributed by atoms with E-state index in [9.17, 15) is 0 Å². The highest BCUT2D eigenvalue weighted by atomic mass is 16.5. The van der Waals surface area contributed by atoms with Crippen molar-refractivity contribution in [3.8, 4) is 0 Å². The molecule has 0 spiro atoms. The summed E-state index contributed by atoms with van der Waals surface area (Å²) in [4.78, 5) is 4.12. The van der Waals surface area contributed by atoms with Crippen molar-refractivity contribution in [3.63, 3.8) is 0 Å². The van der Waals surface area contributed by atoms with Crippen LogP contribution in [-0.2, 0) is 24.9 Å². The van der Waals surface area contributed by atoms with E-state index in [-0.39, 0.29) is 5.54 Å². The van der Waals surface area contributed by atoms with Crippen LogP contribution in [0, 0.1) is 0 Å². The molecule has 20 heavy (non-hydrogen) atoms. The van der Waals surface area contributed by atoms with Crippen LogP contribution in [0.2, 0.25) is 0 Å². The molecule has 2 aromatic rings. The normalized spacial score (nSPS) is 11.8. The fourth-order valence-corrected chi connectivity index (χ4v) is 1.93. The van der Waals surface area contributed by atoms with Crippen LogP contribution in [0.5, 0.6) is 0 Å². The molecule has 1 heterocycles. The molecule has 108 valence electrons. The van der Waals surface area contributed by atoms with E-state index < -0.39 is 0 Å². The molecule has 0 saturated carbocycles. The van der Waals surface area contributed by atoms with Gasteiger partial charge in [0.1, 0.15) is 0 Å². The number of aryl methyl sites for hydroxylation is 1. The molecule has 0 bridgehead atoms. The molecule has 0 aliphatic heterocycles. The Morgan fingerprint density at radius 1 is 1.25 bits per heavy atom. The number of nitrogens with zero attached hydrogens (tertiary/aromatic N) is 2. The van der Waals surface area contributed by atoms with E-state index in [1.54, 1.807) is 0 Å². The monoisotopic (exact) mass is 273 g/mol. The van der Waals surface area contributed by atoms with E-state index in [0.717, 1.165) is 6.54 Å².